The minimum atomic E-state index is -1.17. The van der Waals surface area contributed by atoms with Crippen LogP contribution in [0.4, 0.5) is 0 Å². The van der Waals surface area contributed by atoms with E-state index in [1.54, 1.807) is 13.8 Å². The molecule has 3 rings (SSSR count). The molecule has 0 spiro atoms. The smallest absolute Gasteiger partial charge is 0.160 e. The molecule has 2 heterocycles. The van der Waals surface area contributed by atoms with E-state index in [0.29, 0.717) is 11.1 Å². The number of halogens is 1. The Morgan fingerprint density at radius 1 is 1.45 bits per heavy atom. The van der Waals surface area contributed by atoms with Gasteiger partial charge in [-0.1, -0.05) is 17.7 Å². The Morgan fingerprint density at radius 3 is 2.91 bits per heavy atom. The highest BCUT2D eigenvalue weighted by Crippen LogP contribution is 2.40. The van der Waals surface area contributed by atoms with Crippen molar-refractivity contribution in [3.05, 3.63) is 36.4 Å². The molecule has 6 heteroatoms. The van der Waals surface area contributed by atoms with Crippen LogP contribution in [0, 0.1) is 5.92 Å². The minimum Gasteiger partial charge on any atom is -0.366 e. The van der Waals surface area contributed by atoms with Crippen LogP contribution in [0.5, 0.6) is 0 Å². The van der Waals surface area contributed by atoms with Crippen LogP contribution < -0.4 is 0 Å². The second-order valence-electron chi connectivity index (χ2n) is 6.26. The molecule has 1 saturated carbocycles. The third kappa shape index (κ3) is 2.89. The Morgan fingerprint density at radius 2 is 2.23 bits per heavy atom. The number of aromatic nitrogens is 3. The van der Waals surface area contributed by atoms with Crippen LogP contribution in [0.1, 0.15) is 32.7 Å². The van der Waals surface area contributed by atoms with Gasteiger partial charge in [-0.2, -0.15) is 0 Å². The van der Waals surface area contributed by atoms with E-state index in [-0.39, 0.29) is 12.1 Å². The molecule has 2 unspecified atom stereocenters. The lowest BCUT2D eigenvalue weighted by Crippen LogP contribution is -2.33. The number of ether oxygens (including phenoxy) is 1. The van der Waals surface area contributed by atoms with Gasteiger partial charge in [0.1, 0.15) is 17.1 Å². The quantitative estimate of drug-likeness (QED) is 0.533. The minimum absolute atomic E-state index is 0.0814. The first-order valence-electron chi connectivity index (χ1n) is 7.39. The first-order chi connectivity index (χ1) is 10.4. The van der Waals surface area contributed by atoms with Crippen molar-refractivity contribution in [3.8, 4) is 0 Å². The Hall–Kier alpha value is -1.43. The molecule has 0 bridgehead atoms. The van der Waals surface area contributed by atoms with Gasteiger partial charge >= 0.3 is 0 Å². The predicted molar refractivity (Wildman–Crippen MR) is 85.7 cm³/mol. The zero-order valence-corrected chi connectivity index (χ0v) is 13.5. The van der Waals surface area contributed by atoms with Crippen LogP contribution in [0.15, 0.2) is 31.2 Å². The zero-order valence-electron chi connectivity index (χ0n) is 12.7. The third-order valence-corrected chi connectivity index (χ3v) is 4.40. The largest absolute Gasteiger partial charge is 0.366 e. The fourth-order valence-electron chi connectivity index (χ4n) is 3.20. The number of fused-ring (bicyclic) bond motifs is 1. The summed E-state index contributed by atoms with van der Waals surface area (Å²) < 4.78 is 7.93. The Labute approximate surface area is 134 Å². The van der Waals surface area contributed by atoms with Crippen LogP contribution in [-0.2, 0) is 4.74 Å². The molecular weight excluding hydrogens is 302 g/mol. The normalized spacial score (nSPS) is 25.7. The van der Waals surface area contributed by atoms with E-state index in [0.717, 1.165) is 23.9 Å². The molecule has 0 radical (unpaired) electrons. The van der Waals surface area contributed by atoms with Gasteiger partial charge in [0, 0.05) is 6.20 Å². The highest BCUT2D eigenvalue weighted by molar-refractivity contribution is 6.33. The van der Waals surface area contributed by atoms with Crippen molar-refractivity contribution >= 4 is 22.6 Å². The molecule has 2 aromatic heterocycles. The molecule has 0 aromatic carbocycles. The van der Waals surface area contributed by atoms with Crippen molar-refractivity contribution in [2.24, 2.45) is 5.92 Å². The fourth-order valence-corrected chi connectivity index (χ4v) is 3.39. The number of allylic oxidation sites excluding steroid dienone is 1. The number of hydrogen-bond acceptors (Lipinski definition) is 4. The van der Waals surface area contributed by atoms with Crippen LogP contribution >= 0.6 is 11.6 Å². The van der Waals surface area contributed by atoms with Crippen LogP contribution in [0.25, 0.3) is 11.0 Å². The second kappa shape index (κ2) is 5.65. The number of aliphatic hydroxyl groups is 1. The van der Waals surface area contributed by atoms with Crippen molar-refractivity contribution in [1.29, 1.82) is 0 Å². The summed E-state index contributed by atoms with van der Waals surface area (Å²) in [5.41, 5.74) is 0.791. The van der Waals surface area contributed by atoms with Gasteiger partial charge in [0.25, 0.3) is 0 Å². The summed E-state index contributed by atoms with van der Waals surface area (Å²) in [6.45, 7) is 7.19. The van der Waals surface area contributed by atoms with Gasteiger partial charge in [0.05, 0.1) is 17.5 Å². The monoisotopic (exact) mass is 321 g/mol. The summed E-state index contributed by atoms with van der Waals surface area (Å²) in [5, 5.41) is 11.3. The van der Waals surface area contributed by atoms with Gasteiger partial charge in [-0.25, -0.2) is 9.97 Å². The molecule has 1 aliphatic rings. The van der Waals surface area contributed by atoms with Crippen molar-refractivity contribution in [1.82, 2.24) is 14.5 Å². The van der Waals surface area contributed by atoms with Crippen LogP contribution in [0.3, 0.4) is 0 Å². The first kappa shape index (κ1) is 15.5. The maximum Gasteiger partial charge on any atom is 0.160 e. The van der Waals surface area contributed by atoms with Crippen molar-refractivity contribution in [2.45, 2.75) is 44.6 Å². The fraction of sp³-hybridized carbons (Fsp3) is 0.500. The molecule has 1 N–H and O–H groups in total. The highest BCUT2D eigenvalue weighted by atomic mass is 35.5. The highest BCUT2D eigenvalue weighted by Gasteiger charge is 2.38. The molecule has 118 valence electrons. The summed E-state index contributed by atoms with van der Waals surface area (Å²) in [7, 11) is 0. The van der Waals surface area contributed by atoms with Gasteiger partial charge in [-0.05, 0) is 38.7 Å². The molecule has 1 fully saturated rings. The molecular formula is C16H20ClN3O2. The molecule has 0 amide bonds. The Bertz CT molecular complexity index is 692. The lowest BCUT2D eigenvalue weighted by molar-refractivity contribution is -0.210. The summed E-state index contributed by atoms with van der Waals surface area (Å²) >= 11 is 6.12. The van der Waals surface area contributed by atoms with Crippen LogP contribution in [0.2, 0.25) is 5.15 Å². The van der Waals surface area contributed by atoms with Gasteiger partial charge in [-0.15, -0.1) is 6.58 Å². The molecule has 2 aromatic rings. The Balaban J connectivity index is 1.99. The van der Waals surface area contributed by atoms with Gasteiger partial charge < -0.3 is 14.4 Å². The average Bonchev–Trinajstić information content (AvgIpc) is 3.01. The maximum absolute atomic E-state index is 10.0. The summed E-state index contributed by atoms with van der Waals surface area (Å²) in [5.74, 6) is -0.818. The number of hydrogen-bond donors (Lipinski definition) is 1. The van der Waals surface area contributed by atoms with E-state index in [1.807, 2.05) is 18.3 Å². The van der Waals surface area contributed by atoms with Crippen LogP contribution in [-0.4, -0.2) is 31.5 Å². The lowest BCUT2D eigenvalue weighted by Gasteiger charge is -2.28. The van der Waals surface area contributed by atoms with E-state index in [9.17, 15) is 5.11 Å². The summed E-state index contributed by atoms with van der Waals surface area (Å²) in [6.07, 6.45) is 7.00. The summed E-state index contributed by atoms with van der Waals surface area (Å²) in [4.78, 5) is 8.36. The zero-order chi connectivity index (χ0) is 15.9. The van der Waals surface area contributed by atoms with E-state index >= 15 is 0 Å². The summed E-state index contributed by atoms with van der Waals surface area (Å²) in [6, 6.07) is 2.00. The molecule has 5 nitrogen and oxygen atoms in total. The second-order valence-corrected chi connectivity index (χ2v) is 6.62. The molecule has 0 saturated heterocycles. The van der Waals surface area contributed by atoms with Gasteiger partial charge in [-0.3, -0.25) is 0 Å². The van der Waals surface area contributed by atoms with Crippen molar-refractivity contribution in [3.63, 3.8) is 0 Å². The van der Waals surface area contributed by atoms with E-state index in [2.05, 4.69) is 21.1 Å². The van der Waals surface area contributed by atoms with E-state index in [1.165, 1.54) is 6.33 Å². The molecule has 3 atom stereocenters. The topological polar surface area (TPSA) is 60.2 Å². The van der Waals surface area contributed by atoms with Gasteiger partial charge in [0.15, 0.2) is 5.79 Å². The van der Waals surface area contributed by atoms with E-state index < -0.39 is 5.79 Å². The van der Waals surface area contributed by atoms with E-state index in [4.69, 9.17) is 16.3 Å². The van der Waals surface area contributed by atoms with Crippen molar-refractivity contribution < 1.29 is 9.84 Å². The number of rotatable bonds is 4. The lowest BCUT2D eigenvalue weighted by atomic mass is 10.1. The van der Waals surface area contributed by atoms with Crippen molar-refractivity contribution in [2.75, 3.05) is 0 Å². The SMILES string of the molecule is C=CC1CC(n2ccc3c(Cl)ncnc32)[C@H](OC(C)(C)O)C1. The predicted octanol–water partition coefficient (Wildman–Crippen LogP) is 3.34. The maximum atomic E-state index is 10.0. The average molecular weight is 322 g/mol. The molecule has 22 heavy (non-hydrogen) atoms. The third-order valence-electron chi connectivity index (χ3n) is 4.10. The first-order valence-corrected chi connectivity index (χ1v) is 7.76. The van der Waals surface area contributed by atoms with Gasteiger partial charge in [0.2, 0.25) is 0 Å². The number of nitrogens with zero attached hydrogens (tertiary/aromatic N) is 3. The standard InChI is InChI=1S/C16H20ClN3O2/c1-4-10-7-12(13(8-10)22-16(2,3)21)20-6-5-11-14(17)18-9-19-15(11)20/h4-6,9-10,12-13,21H,1,7-8H2,2-3H3/t10?,12?,13-/m1/s1. The Kier molecular flexibility index (Phi) is 3.97. The molecule has 0 aliphatic heterocycles. The molecule has 1 aliphatic carbocycles.